The van der Waals surface area contributed by atoms with Gasteiger partial charge in [0, 0.05) is 26.2 Å². The summed E-state index contributed by atoms with van der Waals surface area (Å²) in [5.74, 6) is 0.223. The van der Waals surface area contributed by atoms with Gasteiger partial charge in [-0.25, -0.2) is 0 Å². The minimum Gasteiger partial charge on any atom is -0.395 e. The largest absolute Gasteiger partial charge is 0.395 e. The third-order valence-corrected chi connectivity index (χ3v) is 4.48. The van der Waals surface area contributed by atoms with Crippen molar-refractivity contribution < 1.29 is 9.90 Å². The van der Waals surface area contributed by atoms with Gasteiger partial charge in [-0.3, -0.25) is 9.69 Å². The molecular formula is C13H21N5O2. The number of carbonyl (C=O) groups excluding carboxylic acids is 1. The number of carbonyl (C=O) groups is 1. The predicted octanol–water partition coefficient (Wildman–Crippen LogP) is -0.388. The van der Waals surface area contributed by atoms with Crippen molar-refractivity contribution in [3.63, 3.8) is 0 Å². The Labute approximate surface area is 117 Å². The zero-order chi connectivity index (χ0) is 14.0. The Bertz CT molecular complexity index is 461. The standard InChI is InChI=1S/C13H21N5O2/c19-7-6-18-4-1-2-13(12(18)20)3-5-17(10-13)9-11-8-14-16-15-11/h8,19H,1-7,9-10H2,(H,14,15,16). The Morgan fingerprint density at radius 2 is 2.30 bits per heavy atom. The summed E-state index contributed by atoms with van der Waals surface area (Å²) in [6.07, 6.45) is 4.63. The van der Waals surface area contributed by atoms with Crippen LogP contribution in [0.4, 0.5) is 0 Å². The van der Waals surface area contributed by atoms with Gasteiger partial charge in [0.15, 0.2) is 0 Å². The van der Waals surface area contributed by atoms with Gasteiger partial charge in [-0.1, -0.05) is 0 Å². The second-order valence-corrected chi connectivity index (χ2v) is 5.82. The molecule has 2 N–H and O–H groups in total. The first-order valence-electron chi connectivity index (χ1n) is 7.21. The van der Waals surface area contributed by atoms with Crippen molar-refractivity contribution in [1.29, 1.82) is 0 Å². The summed E-state index contributed by atoms with van der Waals surface area (Å²) in [4.78, 5) is 16.7. The predicted molar refractivity (Wildman–Crippen MR) is 71.6 cm³/mol. The fourth-order valence-corrected chi connectivity index (χ4v) is 3.49. The number of amides is 1. The maximum absolute atomic E-state index is 12.6. The molecule has 1 spiro atoms. The van der Waals surface area contributed by atoms with E-state index in [-0.39, 0.29) is 17.9 Å². The van der Waals surface area contributed by atoms with Crippen LogP contribution < -0.4 is 0 Å². The van der Waals surface area contributed by atoms with Gasteiger partial charge in [-0.15, -0.1) is 0 Å². The molecule has 1 amide bonds. The van der Waals surface area contributed by atoms with Gasteiger partial charge >= 0.3 is 0 Å². The normalized spacial score (nSPS) is 27.6. The number of aromatic nitrogens is 3. The van der Waals surface area contributed by atoms with E-state index in [1.807, 2.05) is 4.90 Å². The minimum atomic E-state index is -0.239. The highest BCUT2D eigenvalue weighted by Crippen LogP contribution is 2.40. The van der Waals surface area contributed by atoms with Crippen molar-refractivity contribution in [1.82, 2.24) is 25.2 Å². The van der Waals surface area contributed by atoms with Crippen LogP contribution in [-0.2, 0) is 11.3 Å². The second kappa shape index (κ2) is 5.49. The molecule has 20 heavy (non-hydrogen) atoms. The number of piperidine rings is 1. The van der Waals surface area contributed by atoms with Crippen molar-refractivity contribution >= 4 is 5.91 Å². The number of likely N-dealkylation sites (tertiary alicyclic amines) is 2. The maximum atomic E-state index is 12.6. The van der Waals surface area contributed by atoms with E-state index in [1.54, 1.807) is 6.20 Å². The zero-order valence-electron chi connectivity index (χ0n) is 11.6. The average molecular weight is 279 g/mol. The van der Waals surface area contributed by atoms with Gasteiger partial charge in [-0.2, -0.15) is 15.4 Å². The van der Waals surface area contributed by atoms with Gasteiger partial charge in [0.2, 0.25) is 5.91 Å². The van der Waals surface area contributed by atoms with E-state index in [0.29, 0.717) is 6.54 Å². The highest BCUT2D eigenvalue weighted by molar-refractivity contribution is 5.84. The molecule has 1 aromatic heterocycles. The molecule has 0 aliphatic carbocycles. The molecule has 0 bridgehead atoms. The first-order chi connectivity index (χ1) is 9.73. The Morgan fingerprint density at radius 3 is 3.05 bits per heavy atom. The molecule has 7 heteroatoms. The molecule has 1 unspecified atom stereocenters. The van der Waals surface area contributed by atoms with Crippen molar-refractivity contribution in [2.24, 2.45) is 5.41 Å². The number of hydrogen-bond acceptors (Lipinski definition) is 5. The summed E-state index contributed by atoms with van der Waals surface area (Å²) < 4.78 is 0. The van der Waals surface area contributed by atoms with Crippen molar-refractivity contribution in [3.8, 4) is 0 Å². The Balaban J connectivity index is 1.66. The number of nitrogens with one attached hydrogen (secondary N) is 1. The van der Waals surface area contributed by atoms with Gasteiger partial charge < -0.3 is 10.0 Å². The summed E-state index contributed by atoms with van der Waals surface area (Å²) in [6, 6.07) is 0. The lowest BCUT2D eigenvalue weighted by molar-refractivity contribution is -0.146. The van der Waals surface area contributed by atoms with Crippen molar-refractivity contribution in [2.75, 3.05) is 32.8 Å². The van der Waals surface area contributed by atoms with E-state index < -0.39 is 0 Å². The van der Waals surface area contributed by atoms with E-state index >= 15 is 0 Å². The summed E-state index contributed by atoms with van der Waals surface area (Å²) in [7, 11) is 0. The smallest absolute Gasteiger partial charge is 0.230 e. The van der Waals surface area contributed by atoms with E-state index in [4.69, 9.17) is 5.11 Å². The molecule has 3 rings (SSSR count). The monoisotopic (exact) mass is 279 g/mol. The Morgan fingerprint density at radius 1 is 1.40 bits per heavy atom. The first-order valence-corrected chi connectivity index (χ1v) is 7.21. The first kappa shape index (κ1) is 13.5. The number of hydrogen-bond donors (Lipinski definition) is 2. The summed E-state index contributed by atoms with van der Waals surface area (Å²) in [6.45, 7) is 3.75. The number of aromatic amines is 1. The highest BCUT2D eigenvalue weighted by Gasteiger charge is 2.48. The van der Waals surface area contributed by atoms with Crippen LogP contribution in [0.5, 0.6) is 0 Å². The topological polar surface area (TPSA) is 85.4 Å². The zero-order valence-corrected chi connectivity index (χ0v) is 11.6. The van der Waals surface area contributed by atoms with Crippen LogP contribution in [0.25, 0.3) is 0 Å². The molecule has 2 saturated heterocycles. The maximum Gasteiger partial charge on any atom is 0.230 e. The molecular weight excluding hydrogens is 258 g/mol. The molecule has 7 nitrogen and oxygen atoms in total. The number of rotatable bonds is 4. The Hall–Kier alpha value is -1.47. The molecule has 110 valence electrons. The Kier molecular flexibility index (Phi) is 3.71. The second-order valence-electron chi connectivity index (χ2n) is 5.82. The SMILES string of the molecule is O=C1N(CCO)CCCC12CCN(Cc1cn[nH]n1)C2. The number of β-amino-alcohol motifs (C(OH)–C–C–N with tert-alkyl or cyclic N) is 1. The fraction of sp³-hybridized carbons (Fsp3) is 0.769. The lowest BCUT2D eigenvalue weighted by atomic mass is 9.78. The van der Waals surface area contributed by atoms with Crippen molar-refractivity contribution in [2.45, 2.75) is 25.8 Å². The van der Waals surface area contributed by atoms with Crippen LogP contribution in [0.2, 0.25) is 0 Å². The minimum absolute atomic E-state index is 0.0461. The summed E-state index contributed by atoms with van der Waals surface area (Å²) in [5.41, 5.74) is 0.675. The lowest BCUT2D eigenvalue weighted by Crippen LogP contribution is -2.50. The molecule has 2 aliphatic heterocycles. The number of aliphatic hydroxyl groups excluding tert-OH is 1. The summed E-state index contributed by atoms with van der Waals surface area (Å²) in [5, 5.41) is 19.6. The molecule has 0 radical (unpaired) electrons. The third kappa shape index (κ3) is 2.43. The van der Waals surface area contributed by atoms with E-state index in [1.165, 1.54) is 0 Å². The van der Waals surface area contributed by atoms with Crippen molar-refractivity contribution in [3.05, 3.63) is 11.9 Å². The molecule has 2 fully saturated rings. The average Bonchev–Trinajstić information content (AvgIpc) is 3.07. The van der Waals surface area contributed by atoms with Crippen LogP contribution in [0, 0.1) is 5.41 Å². The molecule has 2 aliphatic rings. The lowest BCUT2D eigenvalue weighted by Gasteiger charge is -2.39. The molecule has 1 atom stereocenters. The summed E-state index contributed by atoms with van der Waals surface area (Å²) >= 11 is 0. The van der Waals surface area contributed by atoms with Gasteiger partial charge in [0.1, 0.15) is 0 Å². The van der Waals surface area contributed by atoms with Gasteiger partial charge in [0.25, 0.3) is 0 Å². The van der Waals surface area contributed by atoms with Crippen LogP contribution in [0.1, 0.15) is 25.0 Å². The fourth-order valence-electron chi connectivity index (χ4n) is 3.49. The molecule has 0 aromatic carbocycles. The number of H-pyrrole nitrogens is 1. The van der Waals surface area contributed by atoms with Crippen LogP contribution >= 0.6 is 0 Å². The quantitative estimate of drug-likeness (QED) is 0.784. The van der Waals surface area contributed by atoms with E-state index in [0.717, 1.165) is 51.1 Å². The van der Waals surface area contributed by atoms with Crippen LogP contribution in [0.3, 0.4) is 0 Å². The molecule has 1 aromatic rings. The highest BCUT2D eigenvalue weighted by atomic mass is 16.3. The molecule has 3 heterocycles. The number of nitrogens with zero attached hydrogens (tertiary/aromatic N) is 4. The molecule has 0 saturated carbocycles. The van der Waals surface area contributed by atoms with Crippen LogP contribution in [0.15, 0.2) is 6.20 Å². The van der Waals surface area contributed by atoms with Gasteiger partial charge in [0.05, 0.1) is 23.9 Å². The van der Waals surface area contributed by atoms with E-state index in [2.05, 4.69) is 20.3 Å². The number of aliphatic hydroxyl groups is 1. The van der Waals surface area contributed by atoms with Gasteiger partial charge in [-0.05, 0) is 25.8 Å². The third-order valence-electron chi connectivity index (χ3n) is 4.48. The van der Waals surface area contributed by atoms with Crippen LogP contribution in [-0.4, -0.2) is 69.0 Å². The van der Waals surface area contributed by atoms with E-state index in [9.17, 15) is 4.79 Å².